The highest BCUT2D eigenvalue weighted by Gasteiger charge is 2.22. The molecular formula is C29H20N4O. The van der Waals surface area contributed by atoms with E-state index in [0.717, 1.165) is 61.0 Å². The van der Waals surface area contributed by atoms with Gasteiger partial charge in [-0.15, -0.1) is 0 Å². The fourth-order valence-electron chi connectivity index (χ4n) is 5.07. The predicted octanol–water partition coefficient (Wildman–Crippen LogP) is 6.68. The van der Waals surface area contributed by atoms with Crippen LogP contribution in [0.5, 0.6) is 5.75 Å². The average Bonchev–Trinajstić information content (AvgIpc) is 3.42. The van der Waals surface area contributed by atoms with E-state index < -0.39 is 0 Å². The molecule has 0 spiro atoms. The summed E-state index contributed by atoms with van der Waals surface area (Å²) in [6.45, 7) is 0. The third kappa shape index (κ3) is 2.55. The van der Waals surface area contributed by atoms with Gasteiger partial charge in [0.2, 0.25) is 0 Å². The van der Waals surface area contributed by atoms with Crippen LogP contribution in [0.1, 0.15) is 0 Å². The van der Waals surface area contributed by atoms with Crippen molar-refractivity contribution in [3.63, 3.8) is 0 Å². The molecule has 0 N–H and O–H groups in total. The van der Waals surface area contributed by atoms with Crippen LogP contribution in [-0.2, 0) is 0 Å². The minimum absolute atomic E-state index is 0.813. The van der Waals surface area contributed by atoms with Gasteiger partial charge in [-0.25, -0.2) is 4.98 Å². The first-order chi connectivity index (χ1) is 16.8. The highest BCUT2D eigenvalue weighted by atomic mass is 16.5. The molecule has 0 radical (unpaired) electrons. The molecule has 5 heteroatoms. The van der Waals surface area contributed by atoms with Crippen molar-refractivity contribution in [2.24, 2.45) is 0 Å². The third-order valence-electron chi connectivity index (χ3n) is 6.49. The number of fused-ring (bicyclic) bond motifs is 7. The molecule has 0 bridgehead atoms. The Morgan fingerprint density at radius 3 is 2.35 bits per heavy atom. The number of benzene rings is 3. The number of hydrogen-bond acceptors (Lipinski definition) is 3. The lowest BCUT2D eigenvalue weighted by Crippen LogP contribution is -1.97. The quantitative estimate of drug-likeness (QED) is 0.308. The van der Waals surface area contributed by atoms with E-state index in [1.165, 1.54) is 0 Å². The summed E-state index contributed by atoms with van der Waals surface area (Å²) in [5, 5.41) is 3.30. The van der Waals surface area contributed by atoms with E-state index in [1.807, 2.05) is 36.7 Å². The Balaban J connectivity index is 1.74. The number of aromatic nitrogens is 4. The number of methoxy groups -OCH3 is 1. The molecule has 0 saturated heterocycles. The molecule has 0 aliphatic rings. The van der Waals surface area contributed by atoms with Crippen molar-refractivity contribution in [2.45, 2.75) is 0 Å². The van der Waals surface area contributed by atoms with Crippen molar-refractivity contribution in [3.05, 3.63) is 103 Å². The zero-order valence-corrected chi connectivity index (χ0v) is 18.5. The Bertz CT molecular complexity index is 1850. The van der Waals surface area contributed by atoms with Crippen molar-refractivity contribution < 1.29 is 4.74 Å². The van der Waals surface area contributed by atoms with Crippen molar-refractivity contribution in [2.75, 3.05) is 7.11 Å². The van der Waals surface area contributed by atoms with Crippen molar-refractivity contribution >= 4 is 43.9 Å². The molecule has 162 valence electrons. The number of rotatable bonds is 3. The zero-order valence-electron chi connectivity index (χ0n) is 18.5. The van der Waals surface area contributed by atoms with Crippen LogP contribution in [0.25, 0.3) is 55.2 Å². The lowest BCUT2D eigenvalue weighted by Gasteiger charge is -2.10. The third-order valence-corrected chi connectivity index (χ3v) is 6.49. The molecule has 0 saturated carbocycles. The monoisotopic (exact) mass is 440 g/mol. The van der Waals surface area contributed by atoms with Crippen LogP contribution in [0.4, 0.5) is 0 Å². The van der Waals surface area contributed by atoms with Gasteiger partial charge in [0.25, 0.3) is 0 Å². The van der Waals surface area contributed by atoms with Gasteiger partial charge in [-0.05, 0) is 42.5 Å². The van der Waals surface area contributed by atoms with Crippen LogP contribution in [-0.4, -0.2) is 26.2 Å². The number of ether oxygens (including phenoxy) is 1. The minimum Gasteiger partial charge on any atom is -0.497 e. The summed E-state index contributed by atoms with van der Waals surface area (Å²) in [4.78, 5) is 9.75. The topological polar surface area (TPSA) is 44.9 Å². The molecule has 5 nitrogen and oxygen atoms in total. The summed E-state index contributed by atoms with van der Waals surface area (Å²) < 4.78 is 10.1. The molecule has 4 aromatic heterocycles. The second-order valence-corrected chi connectivity index (χ2v) is 8.32. The number of para-hydroxylation sites is 2. The minimum atomic E-state index is 0.813. The average molecular weight is 441 g/mol. The molecule has 4 heterocycles. The van der Waals surface area contributed by atoms with E-state index in [9.17, 15) is 0 Å². The van der Waals surface area contributed by atoms with Gasteiger partial charge in [0.15, 0.2) is 0 Å². The summed E-state index contributed by atoms with van der Waals surface area (Å²) in [7, 11) is 1.70. The summed E-state index contributed by atoms with van der Waals surface area (Å²) in [6, 6.07) is 31.2. The van der Waals surface area contributed by atoms with E-state index in [1.54, 1.807) is 7.11 Å². The Morgan fingerprint density at radius 2 is 1.47 bits per heavy atom. The molecule has 0 aliphatic heterocycles. The van der Waals surface area contributed by atoms with Gasteiger partial charge < -0.3 is 9.30 Å². The lowest BCUT2D eigenvalue weighted by molar-refractivity contribution is 0.414. The Kier molecular flexibility index (Phi) is 3.99. The van der Waals surface area contributed by atoms with Gasteiger partial charge in [-0.2, -0.15) is 0 Å². The summed E-state index contributed by atoms with van der Waals surface area (Å²) >= 11 is 0. The highest BCUT2D eigenvalue weighted by molar-refractivity contribution is 6.24. The second kappa shape index (κ2) is 7.18. The van der Waals surface area contributed by atoms with Crippen LogP contribution in [0.2, 0.25) is 0 Å². The largest absolute Gasteiger partial charge is 0.497 e. The fourth-order valence-corrected chi connectivity index (χ4v) is 5.07. The molecule has 0 atom stereocenters. The van der Waals surface area contributed by atoms with Gasteiger partial charge in [-0.3, -0.25) is 9.55 Å². The smallest absolute Gasteiger partial charge is 0.147 e. The van der Waals surface area contributed by atoms with E-state index in [0.29, 0.717) is 0 Å². The maximum Gasteiger partial charge on any atom is 0.147 e. The van der Waals surface area contributed by atoms with Crippen LogP contribution in [0, 0.1) is 0 Å². The maximum absolute atomic E-state index is 5.55. The van der Waals surface area contributed by atoms with Crippen molar-refractivity contribution in [1.82, 2.24) is 19.1 Å². The number of nitrogens with zero attached hydrogens (tertiary/aromatic N) is 4. The van der Waals surface area contributed by atoms with Crippen LogP contribution >= 0.6 is 0 Å². The number of hydrogen-bond donors (Lipinski definition) is 0. The van der Waals surface area contributed by atoms with E-state index >= 15 is 0 Å². The fraction of sp³-hybridized carbons (Fsp3) is 0.0345. The molecule has 7 rings (SSSR count). The molecule has 0 unspecified atom stereocenters. The normalized spacial score (nSPS) is 11.7. The van der Waals surface area contributed by atoms with E-state index in [2.05, 4.69) is 75.9 Å². The standard InChI is InChI=1S/C29H20N4O/c1-34-21-12-7-11-20(17-21)32-25-15-8-16-30-27(25)23-18-31-29-26(28(23)32)22-13-5-6-14-24(22)33(29)19-9-3-2-4-10-19/h2-18H,1H3. The molecule has 3 aromatic carbocycles. The summed E-state index contributed by atoms with van der Waals surface area (Å²) in [5.74, 6) is 0.813. The summed E-state index contributed by atoms with van der Waals surface area (Å²) in [6.07, 6.45) is 3.80. The molecule has 7 aromatic rings. The summed E-state index contributed by atoms with van der Waals surface area (Å²) in [5.41, 5.74) is 7.23. The maximum atomic E-state index is 5.55. The van der Waals surface area contributed by atoms with E-state index in [-0.39, 0.29) is 0 Å². The first kappa shape index (κ1) is 18.9. The molecular weight excluding hydrogens is 420 g/mol. The van der Waals surface area contributed by atoms with Gasteiger partial charge in [0.05, 0.1) is 34.6 Å². The lowest BCUT2D eigenvalue weighted by atomic mass is 10.1. The van der Waals surface area contributed by atoms with Crippen LogP contribution < -0.4 is 4.74 Å². The van der Waals surface area contributed by atoms with Gasteiger partial charge in [-0.1, -0.05) is 42.5 Å². The highest BCUT2D eigenvalue weighted by Crippen LogP contribution is 2.40. The SMILES string of the molecule is COc1cccc(-n2c3cccnc3c3cnc4c(c5ccccc5n4-c4ccccc4)c32)c1. The van der Waals surface area contributed by atoms with Crippen LogP contribution in [0.15, 0.2) is 103 Å². The first-order valence-electron chi connectivity index (χ1n) is 11.2. The van der Waals surface area contributed by atoms with E-state index in [4.69, 9.17) is 14.7 Å². The molecule has 0 fully saturated rings. The molecule has 0 amide bonds. The van der Waals surface area contributed by atoms with Crippen molar-refractivity contribution in [1.29, 1.82) is 0 Å². The van der Waals surface area contributed by atoms with Crippen LogP contribution in [0.3, 0.4) is 0 Å². The second-order valence-electron chi connectivity index (χ2n) is 8.32. The van der Waals surface area contributed by atoms with Gasteiger partial charge >= 0.3 is 0 Å². The molecule has 34 heavy (non-hydrogen) atoms. The zero-order chi connectivity index (χ0) is 22.6. The Labute approximate surface area is 195 Å². The van der Waals surface area contributed by atoms with Crippen molar-refractivity contribution in [3.8, 4) is 17.1 Å². The number of pyridine rings is 2. The Hall–Kier alpha value is -4.64. The first-order valence-corrected chi connectivity index (χ1v) is 11.2. The predicted molar refractivity (Wildman–Crippen MR) is 137 cm³/mol. The van der Waals surface area contributed by atoms with Gasteiger partial charge in [0, 0.05) is 40.6 Å². The van der Waals surface area contributed by atoms with Gasteiger partial charge in [0.1, 0.15) is 11.4 Å². The Morgan fingerprint density at radius 1 is 0.676 bits per heavy atom. The molecule has 0 aliphatic carbocycles.